The van der Waals surface area contributed by atoms with Crippen molar-refractivity contribution in [2.75, 3.05) is 26.4 Å². The van der Waals surface area contributed by atoms with Crippen LogP contribution >= 0.6 is 0 Å². The molecule has 12 N–H and O–H groups in total. The van der Waals surface area contributed by atoms with Crippen LogP contribution in [0.5, 0.6) is 0 Å². The molecule has 0 saturated heterocycles. The molecule has 16 aliphatic carbocycles. The molecule has 16 rings (SSSR count). The maximum absolute atomic E-state index is 11.8. The molecule has 0 radical (unpaired) electrons. The summed E-state index contributed by atoms with van der Waals surface area (Å²) in [4.78, 5) is 52.2. The van der Waals surface area contributed by atoms with Gasteiger partial charge in [0, 0.05) is 9.82 Å². The van der Waals surface area contributed by atoms with Gasteiger partial charge in [-0.1, -0.05) is 129 Å². The van der Waals surface area contributed by atoms with Gasteiger partial charge in [0.25, 0.3) is 0 Å². The molecule has 16 fully saturated rings. The number of rotatable bonds is 26. The predicted octanol–water partition coefficient (Wildman–Crippen LogP) is 20.1. The Morgan fingerprint density at radius 1 is 0.351 bits per heavy atom. The largest absolute Gasteiger partial charge is 0.393 e. The van der Waals surface area contributed by atoms with Gasteiger partial charge in [-0.3, -0.25) is 19.2 Å². The van der Waals surface area contributed by atoms with Crippen LogP contribution in [0.25, 0.3) is 20.9 Å². The molecule has 16 aliphatic rings. The predicted molar refractivity (Wildman–Crippen MR) is 529 cm³/mol. The first-order valence-corrected chi connectivity index (χ1v) is 53.9. The van der Waals surface area contributed by atoms with Crippen LogP contribution < -0.4 is 21.3 Å². The highest BCUT2D eigenvalue weighted by atomic mass is 16.3. The smallest absolute Gasteiger partial charge is 0.244 e. The number of aliphatic hydroxyl groups excluding tert-OH is 8. The van der Waals surface area contributed by atoms with Crippen LogP contribution in [0.4, 0.5) is 0 Å². The molecule has 0 bridgehead atoms. The van der Waals surface area contributed by atoms with Crippen LogP contribution in [0.3, 0.4) is 0 Å². The number of fused-ring (bicyclic) bond motifs is 20. The number of carbonyl (C=O) groups is 4. The number of hydrogen-bond acceptors (Lipinski definition) is 14. The maximum atomic E-state index is 11.8. The lowest BCUT2D eigenvalue weighted by atomic mass is 9.43. The number of terminal acetylenes is 2. The van der Waals surface area contributed by atoms with Crippen LogP contribution in [0.2, 0.25) is 0 Å². The van der Waals surface area contributed by atoms with E-state index in [1.54, 1.807) is 18.2 Å². The summed E-state index contributed by atoms with van der Waals surface area (Å²) >= 11 is 0. The van der Waals surface area contributed by atoms with E-state index in [1.807, 2.05) is 24.3 Å². The fraction of sp³-hybridized carbons (Fsp3) is 0.857. The lowest BCUT2D eigenvalue weighted by molar-refractivity contribution is -0.207. The number of allylic oxidation sites excluding steroid dienone is 4. The number of nitrogens with one attached hydrogen (secondary N) is 4. The van der Waals surface area contributed by atoms with Gasteiger partial charge >= 0.3 is 0 Å². The third-order valence-electron chi connectivity index (χ3n) is 43.6. The second-order valence-electron chi connectivity index (χ2n) is 49.2. The quantitative estimate of drug-likeness (QED) is 0.0126. The van der Waals surface area contributed by atoms with Crippen molar-refractivity contribution >= 4 is 23.6 Å². The molecule has 0 aromatic heterocycles. The minimum atomic E-state index is -0.353. The standard InChI is InChI=1S/C29H45NO4.C29H45NO2.2C27H44N4O3/c1-5-14-30-26(34)9-7-6-8-18(2)21-10-11-22-27-23(17-25(33)29(21,22)4)28(3)13-12-20(31)15-19(28)16-24(27)32;1-5-18-30-27(32)9-7-6-8-20(2)24-12-13-25-23-11-10-21-19-22(31)14-16-28(21,3)26(23)15-17-29(24,25)4;1-17(6-4-5-7-24(34)29-16-30-31-28)20-8-9-21-25-22(11-13-27(20,21)3)26(2)12-10-19(32)14-18(26)15-23(25)33;1-17(6-4-5-7-25(34)29-16-30-31-28)21-10-11-22-20-9-8-18-14-19(32)12-13-26(18,2)23(20)15-24(33)27(21,22)3/h1,7,9,18-25,27,31-33H,6,8,10-17H2,2-4H3,(H,30,34);1,7,9,20-26,31H,6,8,10-19H2,2-4H3,(H,30,32);5,7,17-23,25,32-33H,4,6,8-16H2,1-3H3,(H,29,34);5,7,17-24,32-33H,4,6,8-16H2,1-3H3,(H,29,34)/t18-,19+,20-,21-,22+,23+,24-,25+,27+,28+,29-;20-,21-,22-,23+,24-,25+,26+,28+,29-;;/m11../s1. The van der Waals surface area contributed by atoms with Crippen LogP contribution in [0.15, 0.2) is 58.8 Å². The first-order chi connectivity index (χ1) is 63.8. The Balaban J connectivity index is 0.000000152. The highest BCUT2D eigenvalue weighted by molar-refractivity contribution is 5.88. The first kappa shape index (κ1) is 106. The number of nitrogens with zero attached hydrogens (tertiary/aromatic N) is 6. The summed E-state index contributed by atoms with van der Waals surface area (Å²) in [5.41, 5.74) is 18.3. The monoisotopic (exact) mass is 1860 g/mol. The number of carbonyl (C=O) groups excluding carboxylic acids is 4. The molecule has 0 aromatic carbocycles. The lowest BCUT2D eigenvalue weighted by Crippen LogP contribution is -2.62. The molecule has 16 saturated carbocycles. The summed E-state index contributed by atoms with van der Waals surface area (Å²) in [5, 5.41) is 104. The van der Waals surface area contributed by atoms with Crippen LogP contribution in [0.1, 0.15) is 340 Å². The van der Waals surface area contributed by atoms with Crippen LogP contribution in [-0.2, 0) is 19.2 Å². The molecule has 0 aliphatic heterocycles. The Bertz CT molecular complexity index is 4280. The normalized spacial score (nSPS) is 45.0. The Morgan fingerprint density at radius 3 is 1.09 bits per heavy atom. The third-order valence-corrected chi connectivity index (χ3v) is 43.6. The van der Waals surface area contributed by atoms with Crippen molar-refractivity contribution < 1.29 is 60.0 Å². The van der Waals surface area contributed by atoms with E-state index in [4.69, 9.17) is 23.9 Å². The van der Waals surface area contributed by atoms with E-state index in [1.165, 1.54) is 102 Å². The van der Waals surface area contributed by atoms with E-state index < -0.39 is 0 Å². The topological polar surface area (TPSA) is 376 Å². The molecule has 4 amide bonds. The Labute approximate surface area is 805 Å². The van der Waals surface area contributed by atoms with E-state index in [9.17, 15) is 60.0 Å². The first-order valence-electron chi connectivity index (χ1n) is 53.9. The van der Waals surface area contributed by atoms with Gasteiger partial charge in [-0.05, 0) is 478 Å². The minimum absolute atomic E-state index is 0.0195. The Morgan fingerprint density at radius 2 is 0.657 bits per heavy atom. The van der Waals surface area contributed by atoms with E-state index in [0.29, 0.717) is 124 Å². The molecule has 22 nitrogen and oxygen atoms in total. The molecule has 20 unspecified atom stereocenters. The van der Waals surface area contributed by atoms with E-state index in [-0.39, 0.29) is 131 Å². The van der Waals surface area contributed by atoms with Gasteiger partial charge in [-0.2, -0.15) is 0 Å². The van der Waals surface area contributed by atoms with Crippen molar-refractivity contribution in [1.82, 2.24) is 21.3 Å². The fourth-order valence-corrected chi connectivity index (χ4v) is 36.5. The van der Waals surface area contributed by atoms with Gasteiger partial charge in [0.2, 0.25) is 23.6 Å². The van der Waals surface area contributed by atoms with Gasteiger partial charge in [0.1, 0.15) is 0 Å². The average molecular weight is 1860 g/mol. The highest BCUT2D eigenvalue weighted by Crippen LogP contribution is 2.74. The van der Waals surface area contributed by atoms with E-state index >= 15 is 0 Å². The SMILES string of the molecule is C#CCNC(=O)C=CCC[C@@H](C)[C@H]1CC[C@H]2[C@@H]3CC[C@@H]4C[C@H](O)CC[C@]4(C)[C@H]3CC[C@]12C.C#CCNC(=O)C=CCC[C@@H](C)[C@H]1CC[C@H]2[C@@H]3[C@H](O)C[C@@H]4C[C@H](O)CC[C@]4(C)[C@H]3C[C@H](O)[C@]12C.CC(CCC=CC(=O)NCN=[N+]=[N-])C1CCC2C3C(O)CC4CC(O)CCC4(C)C3CCC12C.CC(CCC=CC(=O)NCN=[N+]=[N-])C1CCC2C3CCC4CC(O)CCC4(C)C3CC(O)C12C. The average Bonchev–Trinajstić information content (AvgIpc) is 1.16. The molecule has 22 heteroatoms. The summed E-state index contributed by atoms with van der Waals surface area (Å²) in [6.45, 7) is 29.7. The molecular formula is C112H178N10O12. The second kappa shape index (κ2) is 45.0. The third kappa shape index (κ3) is 21.7. The van der Waals surface area contributed by atoms with E-state index in [0.717, 1.165) is 190 Å². The lowest BCUT2D eigenvalue weighted by Gasteiger charge is -2.63. The molecular weight excluding hydrogens is 1680 g/mol. The summed E-state index contributed by atoms with van der Waals surface area (Å²) in [7, 11) is 0. The Hall–Kier alpha value is -5.74. The highest BCUT2D eigenvalue weighted by Gasteiger charge is 2.69. The zero-order valence-electron chi connectivity index (χ0n) is 84.3. The van der Waals surface area contributed by atoms with Crippen molar-refractivity contribution in [2.45, 2.75) is 389 Å². The van der Waals surface area contributed by atoms with Gasteiger partial charge in [0.05, 0.1) is 75.3 Å². The van der Waals surface area contributed by atoms with Gasteiger partial charge < -0.3 is 62.1 Å². The van der Waals surface area contributed by atoms with Crippen molar-refractivity contribution in [3.8, 4) is 24.7 Å². The molecule has 0 spiro atoms. The number of hydrogen-bond donors (Lipinski definition) is 12. The molecule has 40 atom stereocenters. The summed E-state index contributed by atoms with van der Waals surface area (Å²) in [6, 6.07) is 0. The minimum Gasteiger partial charge on any atom is -0.393 e. The zero-order chi connectivity index (χ0) is 96.6. The van der Waals surface area contributed by atoms with Crippen LogP contribution in [-0.4, -0.2) is 140 Å². The van der Waals surface area contributed by atoms with Gasteiger partial charge in [-0.25, -0.2) is 0 Å². The van der Waals surface area contributed by atoms with Crippen LogP contribution in [0, 0.1) is 210 Å². The van der Waals surface area contributed by atoms with E-state index in [2.05, 4.69) is 136 Å². The molecule has 0 aromatic rings. The molecule has 0 heterocycles. The molecule has 748 valence electrons. The summed E-state index contributed by atoms with van der Waals surface area (Å²) in [6.07, 6.45) is 66.0. The van der Waals surface area contributed by atoms with Crippen molar-refractivity contribution in [3.63, 3.8) is 0 Å². The number of amides is 4. The van der Waals surface area contributed by atoms with Gasteiger partial charge in [-0.15, -0.1) is 12.8 Å². The second-order valence-corrected chi connectivity index (χ2v) is 49.2. The zero-order valence-corrected chi connectivity index (χ0v) is 84.3. The van der Waals surface area contributed by atoms with Crippen molar-refractivity contribution in [1.29, 1.82) is 0 Å². The van der Waals surface area contributed by atoms with Crippen molar-refractivity contribution in [3.05, 3.63) is 69.5 Å². The Kier molecular flexibility index (Phi) is 35.5. The molecule has 134 heavy (non-hydrogen) atoms. The summed E-state index contributed by atoms with van der Waals surface area (Å²) < 4.78 is 0. The fourth-order valence-electron chi connectivity index (χ4n) is 36.5. The number of azide groups is 2. The summed E-state index contributed by atoms with van der Waals surface area (Å²) in [5.74, 6) is 18.1. The number of aliphatic hydroxyl groups is 8. The van der Waals surface area contributed by atoms with Crippen molar-refractivity contribution in [2.24, 2.45) is 196 Å². The maximum Gasteiger partial charge on any atom is 0.244 e. The van der Waals surface area contributed by atoms with Gasteiger partial charge in [0.15, 0.2) is 0 Å².